The van der Waals surface area contributed by atoms with Crippen molar-refractivity contribution in [3.05, 3.63) is 58.4 Å². The van der Waals surface area contributed by atoms with Crippen LogP contribution in [0.2, 0.25) is 0 Å². The first-order valence-electron chi connectivity index (χ1n) is 9.21. The van der Waals surface area contributed by atoms with Crippen molar-refractivity contribution in [3.8, 4) is 0 Å². The Bertz CT molecular complexity index is 1180. The third-order valence-electron chi connectivity index (χ3n) is 4.73. The van der Waals surface area contributed by atoms with Gasteiger partial charge in [-0.2, -0.15) is 4.99 Å². The molecule has 1 aromatic heterocycles. The minimum Gasteiger partial charge on any atom is -0.319 e. The summed E-state index contributed by atoms with van der Waals surface area (Å²) in [6, 6.07) is 12.8. The van der Waals surface area contributed by atoms with Crippen LogP contribution in [0.15, 0.2) is 52.4 Å². The number of rotatable bonds is 5. The van der Waals surface area contributed by atoms with Crippen LogP contribution in [0.3, 0.4) is 0 Å². The molecule has 2 aromatic carbocycles. The molecule has 0 spiro atoms. The monoisotopic (exact) mass is 416 g/mol. The first-order valence-corrected chi connectivity index (χ1v) is 11.6. The molecule has 0 unspecified atom stereocenters. The molecule has 0 radical (unpaired) electrons. The molecule has 1 amide bonds. The number of amides is 1. The number of aromatic nitrogens is 1. The zero-order valence-corrected chi connectivity index (χ0v) is 18.1. The second-order valence-corrected chi connectivity index (χ2v) is 10.5. The maximum absolute atomic E-state index is 12.4. The number of fused-ring (bicyclic) bond motifs is 1. The van der Waals surface area contributed by atoms with Crippen LogP contribution in [0, 0.1) is 0 Å². The molecule has 0 aliphatic rings. The fraction of sp³-hybridized carbons (Fsp3) is 0.333. The lowest BCUT2D eigenvalue weighted by molar-refractivity contribution is -0.117. The minimum atomic E-state index is -3.31. The van der Waals surface area contributed by atoms with Gasteiger partial charge in [0.05, 0.1) is 26.8 Å². The lowest BCUT2D eigenvalue weighted by atomic mass is 10.1. The first kappa shape index (κ1) is 20.5. The number of aryl methyl sites for hydroxylation is 2. The number of benzene rings is 2. The summed E-state index contributed by atoms with van der Waals surface area (Å²) in [4.78, 5) is 17.6. The fourth-order valence-corrected chi connectivity index (χ4v) is 5.05. The van der Waals surface area contributed by atoms with Crippen LogP contribution in [-0.2, 0) is 34.5 Å². The molecule has 0 aliphatic carbocycles. The van der Waals surface area contributed by atoms with Gasteiger partial charge in [0, 0.05) is 7.05 Å². The second-order valence-electron chi connectivity index (χ2n) is 7.02. The summed E-state index contributed by atoms with van der Waals surface area (Å²) in [5.74, 6) is -0.252. The van der Waals surface area contributed by atoms with E-state index in [0.717, 1.165) is 22.2 Å². The summed E-state index contributed by atoms with van der Waals surface area (Å²) in [5.41, 5.74) is 3.05. The van der Waals surface area contributed by atoms with E-state index in [4.69, 9.17) is 0 Å². The summed E-state index contributed by atoms with van der Waals surface area (Å²) in [6.07, 6.45) is 1.10. The van der Waals surface area contributed by atoms with Gasteiger partial charge in [-0.25, -0.2) is 8.42 Å². The number of thiazole rings is 1. The molecule has 5 nitrogen and oxygen atoms in total. The molecule has 148 valence electrons. The van der Waals surface area contributed by atoms with Crippen molar-refractivity contribution in [2.24, 2.45) is 12.0 Å². The largest absolute Gasteiger partial charge is 0.319 e. The summed E-state index contributed by atoms with van der Waals surface area (Å²) < 4.78 is 27.4. The molecule has 28 heavy (non-hydrogen) atoms. The summed E-state index contributed by atoms with van der Waals surface area (Å²) in [5, 5.41) is -0.476. The Labute approximate surface area is 169 Å². The van der Waals surface area contributed by atoms with Gasteiger partial charge in [0.25, 0.3) is 5.91 Å². The van der Waals surface area contributed by atoms with Crippen LogP contribution in [0.1, 0.15) is 31.9 Å². The van der Waals surface area contributed by atoms with Crippen LogP contribution < -0.4 is 4.80 Å². The van der Waals surface area contributed by atoms with E-state index in [2.05, 4.69) is 30.1 Å². The van der Waals surface area contributed by atoms with Gasteiger partial charge in [-0.1, -0.05) is 36.5 Å². The zero-order chi connectivity index (χ0) is 20.5. The molecule has 3 aromatic rings. The van der Waals surface area contributed by atoms with Gasteiger partial charge in [0.15, 0.2) is 14.6 Å². The number of nitrogens with zero attached hydrogens (tertiary/aromatic N) is 2. The van der Waals surface area contributed by atoms with Crippen molar-refractivity contribution in [1.82, 2.24) is 4.57 Å². The van der Waals surface area contributed by atoms with Gasteiger partial charge in [-0.05, 0) is 55.7 Å². The fourth-order valence-electron chi connectivity index (χ4n) is 2.89. The van der Waals surface area contributed by atoms with Crippen molar-refractivity contribution in [2.75, 3.05) is 0 Å². The van der Waals surface area contributed by atoms with Crippen molar-refractivity contribution >= 4 is 37.3 Å². The van der Waals surface area contributed by atoms with Gasteiger partial charge < -0.3 is 4.57 Å². The molecule has 0 fully saturated rings. The highest BCUT2D eigenvalue weighted by Crippen LogP contribution is 2.19. The lowest BCUT2D eigenvalue weighted by Gasteiger charge is -2.08. The van der Waals surface area contributed by atoms with E-state index in [1.165, 1.54) is 16.9 Å². The van der Waals surface area contributed by atoms with Crippen molar-refractivity contribution < 1.29 is 13.2 Å². The van der Waals surface area contributed by atoms with Gasteiger partial charge in [0.2, 0.25) is 0 Å². The molecule has 0 bridgehead atoms. The van der Waals surface area contributed by atoms with E-state index in [0.29, 0.717) is 4.80 Å². The number of hydrogen-bond donors (Lipinski definition) is 0. The molecule has 0 atom stereocenters. The third kappa shape index (κ3) is 4.10. The van der Waals surface area contributed by atoms with Crippen LogP contribution in [0.5, 0.6) is 0 Å². The topological polar surface area (TPSA) is 68.5 Å². The van der Waals surface area contributed by atoms with Gasteiger partial charge >= 0.3 is 0 Å². The van der Waals surface area contributed by atoms with Gasteiger partial charge in [-0.15, -0.1) is 0 Å². The van der Waals surface area contributed by atoms with E-state index < -0.39 is 15.1 Å². The van der Waals surface area contributed by atoms with Crippen molar-refractivity contribution in [1.29, 1.82) is 0 Å². The third-order valence-corrected chi connectivity index (χ3v) is 8.00. The normalized spacial score (nSPS) is 12.8. The Morgan fingerprint density at radius 2 is 1.75 bits per heavy atom. The molecule has 3 rings (SSSR count). The molecule has 0 saturated heterocycles. The zero-order valence-electron chi connectivity index (χ0n) is 16.5. The summed E-state index contributed by atoms with van der Waals surface area (Å²) >= 11 is 1.50. The van der Waals surface area contributed by atoms with E-state index in [1.807, 2.05) is 11.6 Å². The average molecular weight is 417 g/mol. The predicted molar refractivity (Wildman–Crippen MR) is 113 cm³/mol. The molecular formula is C21H24N2O3S2. The number of hydrogen-bond acceptors (Lipinski definition) is 4. The van der Waals surface area contributed by atoms with Gasteiger partial charge in [0.1, 0.15) is 0 Å². The predicted octanol–water partition coefficient (Wildman–Crippen LogP) is 3.65. The quantitative estimate of drug-likeness (QED) is 0.637. The van der Waals surface area contributed by atoms with Crippen LogP contribution >= 0.6 is 11.3 Å². The maximum atomic E-state index is 12.4. The summed E-state index contributed by atoms with van der Waals surface area (Å²) in [6.45, 7) is 5.42. The molecule has 0 aliphatic heterocycles. The Hall–Kier alpha value is -2.25. The van der Waals surface area contributed by atoms with E-state index >= 15 is 0 Å². The molecule has 7 heteroatoms. The summed E-state index contributed by atoms with van der Waals surface area (Å²) in [7, 11) is -1.40. The highest BCUT2D eigenvalue weighted by molar-refractivity contribution is 7.92. The Morgan fingerprint density at radius 1 is 1.11 bits per heavy atom. The highest BCUT2D eigenvalue weighted by Gasteiger charge is 2.18. The van der Waals surface area contributed by atoms with E-state index in [1.54, 1.807) is 38.1 Å². The average Bonchev–Trinajstić information content (AvgIpc) is 2.96. The molecule has 1 heterocycles. The number of carbonyl (C=O) groups is 1. The van der Waals surface area contributed by atoms with Crippen LogP contribution in [0.25, 0.3) is 10.2 Å². The Kier molecular flexibility index (Phi) is 5.86. The highest BCUT2D eigenvalue weighted by atomic mass is 32.2. The van der Waals surface area contributed by atoms with Crippen LogP contribution in [-0.4, -0.2) is 24.1 Å². The van der Waals surface area contributed by atoms with Gasteiger partial charge in [-0.3, -0.25) is 4.79 Å². The minimum absolute atomic E-state index is 0.135. The number of carbonyl (C=O) groups excluding carboxylic acids is 1. The van der Waals surface area contributed by atoms with E-state index in [9.17, 15) is 13.2 Å². The van der Waals surface area contributed by atoms with Crippen molar-refractivity contribution in [3.63, 3.8) is 0 Å². The molecule has 0 saturated carbocycles. The first-order chi connectivity index (χ1) is 13.2. The Balaban J connectivity index is 1.84. The second kappa shape index (κ2) is 8.01. The molecule has 0 N–H and O–H groups in total. The number of sulfone groups is 1. The maximum Gasteiger partial charge on any atom is 0.252 e. The Morgan fingerprint density at radius 3 is 2.36 bits per heavy atom. The lowest BCUT2D eigenvalue weighted by Crippen LogP contribution is -2.15. The van der Waals surface area contributed by atoms with Crippen molar-refractivity contribution in [2.45, 2.75) is 43.8 Å². The smallest absolute Gasteiger partial charge is 0.252 e. The standard InChI is InChI=1S/C21H24N2O3S2/c1-5-15-8-11-18-19(12-15)27-21(23(18)4)22-20(24)13-16-6-9-17(10-7-16)28(25,26)14(2)3/h6-12,14H,5,13H2,1-4H3. The SMILES string of the molecule is CCc1ccc2c(c1)sc(=NC(=O)Cc1ccc(S(=O)(=O)C(C)C)cc1)n2C. The molecular weight excluding hydrogens is 392 g/mol. The van der Waals surface area contributed by atoms with Crippen LogP contribution in [0.4, 0.5) is 0 Å². The van der Waals surface area contributed by atoms with E-state index in [-0.39, 0.29) is 17.2 Å².